The zero-order chi connectivity index (χ0) is 31.9. The van der Waals surface area contributed by atoms with E-state index in [2.05, 4.69) is 83.8 Å². The van der Waals surface area contributed by atoms with Gasteiger partial charge in [0.25, 0.3) is 0 Å². The van der Waals surface area contributed by atoms with Crippen molar-refractivity contribution in [2.75, 3.05) is 0 Å². The van der Waals surface area contributed by atoms with Gasteiger partial charge in [-0.05, 0) is 53.6 Å². The highest BCUT2D eigenvalue weighted by atomic mass is 14.9. The molecule has 9 aromatic rings. The summed E-state index contributed by atoms with van der Waals surface area (Å²) in [5.41, 5.74) is 11.1. The summed E-state index contributed by atoms with van der Waals surface area (Å²) in [6, 6.07) is 53.7. The van der Waals surface area contributed by atoms with Crippen LogP contribution in [-0.2, 0) is 0 Å². The Morgan fingerprint density at radius 2 is 1.06 bits per heavy atom. The van der Waals surface area contributed by atoms with Crippen LogP contribution in [0.3, 0.4) is 0 Å². The van der Waals surface area contributed by atoms with Gasteiger partial charge in [0.05, 0.1) is 39.3 Å². The Hall–Kier alpha value is -6.59. The Balaban J connectivity index is 1.31. The van der Waals surface area contributed by atoms with Crippen LogP contribution in [0.25, 0.3) is 89.1 Å². The van der Waals surface area contributed by atoms with Gasteiger partial charge in [-0.2, -0.15) is 0 Å². The first-order valence-electron chi connectivity index (χ1n) is 15.9. The van der Waals surface area contributed by atoms with E-state index in [-0.39, 0.29) is 0 Å². The van der Waals surface area contributed by atoms with Gasteiger partial charge in [0.1, 0.15) is 0 Å². The first kappa shape index (κ1) is 27.7. The van der Waals surface area contributed by atoms with E-state index in [1.54, 1.807) is 6.20 Å². The maximum Gasteiger partial charge on any atom is 0.161 e. The van der Waals surface area contributed by atoms with Gasteiger partial charge in [0, 0.05) is 39.0 Å². The Labute approximate surface area is 277 Å². The molecule has 0 bridgehead atoms. The van der Waals surface area contributed by atoms with Gasteiger partial charge in [0.2, 0.25) is 0 Å². The minimum Gasteiger partial charge on any atom is -0.255 e. The molecule has 224 valence electrons. The molecule has 5 heteroatoms. The van der Waals surface area contributed by atoms with Crippen LogP contribution in [0.4, 0.5) is 0 Å². The standard InChI is InChI=1S/C43H27N5/c1-3-13-28(14-4-1)36-24-22-30-27-35(32-23-25-39(38-21-11-12-26-44-38)46-42(32)41(30)45-36)31-17-7-8-18-33(31)43-47-37-20-10-9-19-34(37)40(48-43)29-15-5-2-6-16-29/h1-27H. The number of hydrogen-bond acceptors (Lipinski definition) is 5. The molecule has 4 heterocycles. The first-order valence-corrected chi connectivity index (χ1v) is 15.9. The lowest BCUT2D eigenvalue weighted by molar-refractivity contribution is 1.23. The average Bonchev–Trinajstić information content (AvgIpc) is 3.18. The molecular weight excluding hydrogens is 587 g/mol. The van der Waals surface area contributed by atoms with E-state index in [9.17, 15) is 0 Å². The third kappa shape index (κ3) is 4.86. The molecule has 4 aromatic heterocycles. The summed E-state index contributed by atoms with van der Waals surface area (Å²) >= 11 is 0. The number of benzene rings is 5. The van der Waals surface area contributed by atoms with E-state index in [0.717, 1.165) is 83.3 Å². The highest BCUT2D eigenvalue weighted by Crippen LogP contribution is 2.40. The zero-order valence-corrected chi connectivity index (χ0v) is 25.8. The summed E-state index contributed by atoms with van der Waals surface area (Å²) < 4.78 is 0. The summed E-state index contributed by atoms with van der Waals surface area (Å²) in [4.78, 5) is 25.4. The quantitative estimate of drug-likeness (QED) is 0.181. The molecule has 0 N–H and O–H groups in total. The fourth-order valence-corrected chi connectivity index (χ4v) is 6.44. The number of pyridine rings is 3. The van der Waals surface area contributed by atoms with Crippen LogP contribution in [-0.4, -0.2) is 24.9 Å². The van der Waals surface area contributed by atoms with Crippen molar-refractivity contribution in [3.8, 4) is 56.4 Å². The van der Waals surface area contributed by atoms with Gasteiger partial charge in [0.15, 0.2) is 5.82 Å². The van der Waals surface area contributed by atoms with Crippen molar-refractivity contribution < 1.29 is 0 Å². The van der Waals surface area contributed by atoms with E-state index in [1.165, 1.54) is 0 Å². The molecule has 0 saturated carbocycles. The van der Waals surface area contributed by atoms with Gasteiger partial charge < -0.3 is 0 Å². The number of para-hydroxylation sites is 1. The summed E-state index contributed by atoms with van der Waals surface area (Å²) in [5.74, 6) is 0.673. The van der Waals surface area contributed by atoms with E-state index in [4.69, 9.17) is 19.9 Å². The lowest BCUT2D eigenvalue weighted by Crippen LogP contribution is -1.98. The zero-order valence-electron chi connectivity index (χ0n) is 25.8. The molecule has 0 spiro atoms. The van der Waals surface area contributed by atoms with Crippen molar-refractivity contribution in [3.05, 3.63) is 164 Å². The summed E-state index contributed by atoms with van der Waals surface area (Å²) in [6.45, 7) is 0. The Bertz CT molecular complexity index is 2600. The van der Waals surface area contributed by atoms with Gasteiger partial charge in [-0.15, -0.1) is 0 Å². The van der Waals surface area contributed by atoms with E-state index < -0.39 is 0 Å². The average molecular weight is 614 g/mol. The normalized spacial score (nSPS) is 11.3. The van der Waals surface area contributed by atoms with E-state index >= 15 is 0 Å². The smallest absolute Gasteiger partial charge is 0.161 e. The number of rotatable bonds is 5. The molecule has 0 aliphatic rings. The fraction of sp³-hybridized carbons (Fsp3) is 0. The minimum absolute atomic E-state index is 0.673. The topological polar surface area (TPSA) is 64.5 Å². The molecule has 0 unspecified atom stereocenters. The molecule has 0 saturated heterocycles. The molecule has 0 amide bonds. The molecule has 0 aliphatic carbocycles. The number of hydrogen-bond donors (Lipinski definition) is 0. The highest BCUT2D eigenvalue weighted by molar-refractivity contribution is 6.12. The maximum atomic E-state index is 5.24. The van der Waals surface area contributed by atoms with Crippen LogP contribution in [0.2, 0.25) is 0 Å². The van der Waals surface area contributed by atoms with Crippen molar-refractivity contribution in [2.24, 2.45) is 0 Å². The van der Waals surface area contributed by atoms with Crippen molar-refractivity contribution >= 4 is 32.7 Å². The summed E-state index contributed by atoms with van der Waals surface area (Å²) in [5, 5.41) is 3.02. The van der Waals surface area contributed by atoms with Crippen LogP contribution < -0.4 is 0 Å². The molecule has 0 atom stereocenters. The van der Waals surface area contributed by atoms with Crippen LogP contribution in [0.5, 0.6) is 0 Å². The maximum absolute atomic E-state index is 5.24. The second kappa shape index (κ2) is 11.6. The molecular formula is C43H27N5. The molecule has 9 rings (SSSR count). The van der Waals surface area contributed by atoms with Crippen molar-refractivity contribution in [1.82, 2.24) is 24.9 Å². The Morgan fingerprint density at radius 1 is 0.375 bits per heavy atom. The molecule has 48 heavy (non-hydrogen) atoms. The molecule has 5 aromatic carbocycles. The molecule has 5 nitrogen and oxygen atoms in total. The van der Waals surface area contributed by atoms with E-state index in [1.807, 2.05) is 78.9 Å². The van der Waals surface area contributed by atoms with Gasteiger partial charge >= 0.3 is 0 Å². The van der Waals surface area contributed by atoms with Crippen LogP contribution in [0.1, 0.15) is 0 Å². The largest absolute Gasteiger partial charge is 0.255 e. The van der Waals surface area contributed by atoms with Crippen LogP contribution >= 0.6 is 0 Å². The number of fused-ring (bicyclic) bond motifs is 4. The van der Waals surface area contributed by atoms with Crippen molar-refractivity contribution in [2.45, 2.75) is 0 Å². The number of aromatic nitrogens is 5. The van der Waals surface area contributed by atoms with Crippen LogP contribution in [0.15, 0.2) is 164 Å². The van der Waals surface area contributed by atoms with Crippen molar-refractivity contribution in [1.29, 1.82) is 0 Å². The minimum atomic E-state index is 0.673. The Kier molecular flexibility index (Phi) is 6.72. The van der Waals surface area contributed by atoms with Gasteiger partial charge in [-0.3, -0.25) is 4.98 Å². The lowest BCUT2D eigenvalue weighted by Gasteiger charge is -2.16. The van der Waals surface area contributed by atoms with Gasteiger partial charge in [-0.25, -0.2) is 19.9 Å². The monoisotopic (exact) mass is 613 g/mol. The van der Waals surface area contributed by atoms with Crippen molar-refractivity contribution in [3.63, 3.8) is 0 Å². The molecule has 0 fully saturated rings. The third-order valence-corrected chi connectivity index (χ3v) is 8.74. The second-order valence-electron chi connectivity index (χ2n) is 11.7. The predicted octanol–water partition coefficient (Wildman–Crippen LogP) is 10.5. The lowest BCUT2D eigenvalue weighted by atomic mass is 9.93. The molecule has 0 aliphatic heterocycles. The fourth-order valence-electron chi connectivity index (χ4n) is 6.44. The SMILES string of the molecule is c1ccc(-c2ccc3cc(-c4ccccc4-c4nc(-c5ccccc5)c5ccccc5n4)c4ccc(-c5ccccn5)nc4c3n2)cc1. The van der Waals surface area contributed by atoms with Crippen LogP contribution in [0, 0.1) is 0 Å². The number of nitrogens with zero attached hydrogens (tertiary/aromatic N) is 5. The van der Waals surface area contributed by atoms with E-state index in [0.29, 0.717) is 5.82 Å². The summed E-state index contributed by atoms with van der Waals surface area (Å²) in [6.07, 6.45) is 1.80. The molecule has 0 radical (unpaired) electrons. The first-order chi connectivity index (χ1) is 23.8. The summed E-state index contributed by atoms with van der Waals surface area (Å²) in [7, 11) is 0. The predicted molar refractivity (Wildman–Crippen MR) is 195 cm³/mol. The van der Waals surface area contributed by atoms with Gasteiger partial charge in [-0.1, -0.05) is 115 Å². The Morgan fingerprint density at radius 3 is 1.88 bits per heavy atom. The third-order valence-electron chi connectivity index (χ3n) is 8.74. The second-order valence-corrected chi connectivity index (χ2v) is 11.7. The highest BCUT2D eigenvalue weighted by Gasteiger charge is 2.19.